The molecule has 0 saturated carbocycles. The fourth-order valence-corrected chi connectivity index (χ4v) is 6.75. The summed E-state index contributed by atoms with van der Waals surface area (Å²) in [4.78, 5) is 3.01. The van der Waals surface area contributed by atoms with Crippen LogP contribution in [0.5, 0.6) is 0 Å². The molecule has 0 spiro atoms. The first kappa shape index (κ1) is 32.4. The third kappa shape index (κ3) is 10.7. The SMILES string of the molecule is CCCCCC1=C(c2cccc(CCCC)c2)[N+](=[N-])C(c2cccc(CC)c2)=C1.CCC[CH2][Pd][CH2]CCC. The van der Waals surface area contributed by atoms with Crippen LogP contribution < -0.4 is 0 Å². The third-order valence-corrected chi connectivity index (χ3v) is 9.11. The number of unbranched alkanes of at least 4 members (excludes halogenated alkanes) is 5. The van der Waals surface area contributed by atoms with Crippen molar-refractivity contribution in [1.82, 2.24) is 0 Å². The number of hydrogen-bond acceptors (Lipinski definition) is 0. The van der Waals surface area contributed by atoms with E-state index in [-0.39, 0.29) is 0 Å². The van der Waals surface area contributed by atoms with Crippen molar-refractivity contribution in [2.75, 3.05) is 0 Å². The first-order valence-electron chi connectivity index (χ1n) is 15.2. The van der Waals surface area contributed by atoms with Gasteiger partial charge >= 0.3 is 67.3 Å². The quantitative estimate of drug-likeness (QED) is 0.103. The monoisotopic (exact) mass is 606 g/mol. The van der Waals surface area contributed by atoms with Crippen LogP contribution in [0.4, 0.5) is 0 Å². The standard InChI is InChI=1S/C27H34N2.2C4H9.Pd/c1-4-7-9-15-25-20-26(23-16-10-13-21(6-3)18-23)29(28)27(25)24-17-11-14-22(19-24)12-8-5-2;2*1-3-4-2;/h10-11,13-14,16-20H,4-9,12,15H2,1-3H3;2*1,3-4H2,2H3;. The van der Waals surface area contributed by atoms with Crippen molar-refractivity contribution in [3.05, 3.63) is 88.0 Å². The molecule has 1 aliphatic heterocycles. The van der Waals surface area contributed by atoms with Gasteiger partial charge in [0.25, 0.3) is 0 Å². The van der Waals surface area contributed by atoms with Gasteiger partial charge in [0.1, 0.15) is 0 Å². The van der Waals surface area contributed by atoms with E-state index < -0.39 is 0 Å². The fourth-order valence-electron chi connectivity index (χ4n) is 4.49. The zero-order chi connectivity index (χ0) is 27.6. The Hall–Kier alpha value is -1.82. The summed E-state index contributed by atoms with van der Waals surface area (Å²) in [6, 6.07) is 17.2. The van der Waals surface area contributed by atoms with Crippen molar-refractivity contribution >= 4 is 11.4 Å². The zero-order valence-electron chi connectivity index (χ0n) is 24.8. The zero-order valence-corrected chi connectivity index (χ0v) is 26.4. The Balaban J connectivity index is 0.000000484. The number of hydrogen-bond donors (Lipinski definition) is 0. The average molecular weight is 607 g/mol. The van der Waals surface area contributed by atoms with Crippen molar-refractivity contribution in [2.45, 2.75) is 121 Å². The van der Waals surface area contributed by atoms with Crippen LogP contribution in [-0.4, -0.2) is 4.70 Å². The summed E-state index contributed by atoms with van der Waals surface area (Å²) in [5, 5.41) is 0. The summed E-state index contributed by atoms with van der Waals surface area (Å²) in [6.45, 7) is 11.2. The van der Waals surface area contributed by atoms with E-state index in [9.17, 15) is 5.53 Å². The summed E-state index contributed by atoms with van der Waals surface area (Å²) in [6.07, 6.45) is 16.9. The predicted molar refractivity (Wildman–Crippen MR) is 163 cm³/mol. The van der Waals surface area contributed by atoms with Crippen molar-refractivity contribution < 1.29 is 22.7 Å². The first-order chi connectivity index (χ1) is 18.6. The molecule has 2 nitrogen and oxygen atoms in total. The van der Waals surface area contributed by atoms with Crippen molar-refractivity contribution in [1.29, 1.82) is 0 Å². The second-order valence-corrected chi connectivity index (χ2v) is 12.5. The molecule has 0 aliphatic carbocycles. The Labute approximate surface area is 242 Å². The minimum atomic E-state index is 0.890. The molecule has 1 heterocycles. The van der Waals surface area contributed by atoms with Gasteiger partial charge in [0.15, 0.2) is 0 Å². The Morgan fingerprint density at radius 2 is 1.26 bits per heavy atom. The predicted octanol–water partition coefficient (Wildman–Crippen LogP) is 11.5. The van der Waals surface area contributed by atoms with E-state index in [1.165, 1.54) is 82.6 Å². The van der Waals surface area contributed by atoms with Crippen LogP contribution in [0.1, 0.15) is 121 Å². The molecule has 2 aromatic carbocycles. The first-order valence-corrected chi connectivity index (χ1v) is 17.4. The maximum absolute atomic E-state index is 11.2. The average Bonchev–Trinajstić information content (AvgIpc) is 3.28. The number of aryl methyl sites for hydroxylation is 2. The Morgan fingerprint density at radius 3 is 1.89 bits per heavy atom. The summed E-state index contributed by atoms with van der Waals surface area (Å²) in [7, 11) is 0. The van der Waals surface area contributed by atoms with Gasteiger partial charge in [-0.2, -0.15) is 0 Å². The molecule has 3 heteroatoms. The van der Waals surface area contributed by atoms with Gasteiger partial charge in [-0.1, -0.05) is 64.3 Å². The summed E-state index contributed by atoms with van der Waals surface area (Å²) >= 11 is 1.07. The molecule has 0 bridgehead atoms. The van der Waals surface area contributed by atoms with Gasteiger partial charge in [-0.05, 0) is 67.5 Å². The fraction of sp³-hybridized carbons (Fsp3) is 0.543. The topological polar surface area (TPSA) is 25.3 Å². The van der Waals surface area contributed by atoms with Gasteiger partial charge in [-0.25, -0.2) is 4.70 Å². The van der Waals surface area contributed by atoms with Crippen LogP contribution in [0.15, 0.2) is 60.2 Å². The molecule has 0 aromatic heterocycles. The van der Waals surface area contributed by atoms with Gasteiger partial charge in [0.2, 0.25) is 11.4 Å². The molecule has 3 rings (SSSR count). The molecule has 0 radical (unpaired) electrons. The van der Waals surface area contributed by atoms with Crippen molar-refractivity contribution in [3.63, 3.8) is 0 Å². The second-order valence-electron chi connectivity index (χ2n) is 10.2. The van der Waals surface area contributed by atoms with Gasteiger partial charge in [-0.15, -0.1) is 0 Å². The molecule has 0 unspecified atom stereocenters. The van der Waals surface area contributed by atoms with Crippen LogP contribution in [0, 0.1) is 0 Å². The van der Waals surface area contributed by atoms with E-state index in [0.29, 0.717) is 0 Å². The Bertz CT molecular complexity index is 1030. The molecule has 0 amide bonds. The minimum absolute atomic E-state index is 0.890. The van der Waals surface area contributed by atoms with Crippen LogP contribution >= 0.6 is 0 Å². The molecule has 212 valence electrons. The van der Waals surface area contributed by atoms with Crippen molar-refractivity contribution in [3.8, 4) is 0 Å². The molecule has 0 N–H and O–H groups in total. The molecule has 38 heavy (non-hydrogen) atoms. The van der Waals surface area contributed by atoms with Gasteiger partial charge in [0, 0.05) is 22.8 Å². The number of allylic oxidation sites excluding steroid dienone is 2. The molecule has 1 aliphatic rings. The number of benzene rings is 2. The maximum atomic E-state index is 11.2. The van der Waals surface area contributed by atoms with Crippen LogP contribution in [-0.2, 0) is 30.8 Å². The van der Waals surface area contributed by atoms with Gasteiger partial charge < -0.3 is 5.53 Å². The van der Waals surface area contributed by atoms with E-state index in [1.54, 1.807) is 0 Å². The summed E-state index contributed by atoms with van der Waals surface area (Å²) < 4.78 is 1.43. The second kappa shape index (κ2) is 19.3. The Kier molecular flexibility index (Phi) is 16.4. The molecule has 0 saturated heterocycles. The number of rotatable bonds is 16. The summed E-state index contributed by atoms with van der Waals surface area (Å²) in [5.41, 5.74) is 19.1. The van der Waals surface area contributed by atoms with Crippen LogP contribution in [0.3, 0.4) is 0 Å². The normalized spacial score (nSPS) is 13.1. The van der Waals surface area contributed by atoms with E-state index in [1.807, 2.05) is 0 Å². The molecular formula is C35H52N2Pd. The van der Waals surface area contributed by atoms with Crippen LogP contribution in [0.2, 0.25) is 9.79 Å². The molecule has 0 atom stereocenters. The molecule has 2 aromatic rings. The van der Waals surface area contributed by atoms with Crippen molar-refractivity contribution in [2.24, 2.45) is 0 Å². The van der Waals surface area contributed by atoms with E-state index in [4.69, 9.17) is 0 Å². The third-order valence-electron chi connectivity index (χ3n) is 6.91. The molecule has 0 fully saturated rings. The Morgan fingerprint density at radius 1 is 0.658 bits per heavy atom. The van der Waals surface area contributed by atoms with E-state index in [2.05, 4.69) is 89.2 Å². The summed E-state index contributed by atoms with van der Waals surface area (Å²) in [5.74, 6) is 0. The molecular weight excluding hydrogens is 555 g/mol. The number of nitrogens with zero attached hydrogens (tertiary/aromatic N) is 2. The van der Waals surface area contributed by atoms with Crippen LogP contribution in [0.25, 0.3) is 16.9 Å². The van der Waals surface area contributed by atoms with E-state index in [0.717, 1.165) is 66.2 Å². The van der Waals surface area contributed by atoms with E-state index >= 15 is 0 Å². The van der Waals surface area contributed by atoms with Gasteiger partial charge in [0.05, 0.1) is 0 Å². The van der Waals surface area contributed by atoms with Gasteiger partial charge in [-0.3, -0.25) is 0 Å².